The number of rotatable bonds is 4. The van der Waals surface area contributed by atoms with Gasteiger partial charge in [-0.2, -0.15) is 0 Å². The third-order valence-corrected chi connectivity index (χ3v) is 15.3. The standard InChI is InChI=1S/C56H43BN2S/c1-3-16-36(17-4-1)42-32-30-38-20-7-9-22-40(38)54(42)58-47-26-13-12-25-46(47)57-52-48(58)27-15-28-49(52)59(50-35-34-45-44-24-11-14-29-51(44)60-56(45)53(50)57)55-41-23-10-8-21-39(41)31-33-43(55)37-18-5-2-6-19-37/h1-6,11-19,24-35H,7-10,20-23H2. The van der Waals surface area contributed by atoms with E-state index in [0.717, 1.165) is 25.7 Å². The molecule has 0 amide bonds. The van der Waals surface area contributed by atoms with Crippen molar-refractivity contribution in [1.82, 2.24) is 0 Å². The van der Waals surface area contributed by atoms with Gasteiger partial charge >= 0.3 is 0 Å². The van der Waals surface area contributed by atoms with Crippen molar-refractivity contribution < 1.29 is 0 Å². The Morgan fingerprint density at radius 1 is 0.400 bits per heavy atom. The van der Waals surface area contributed by atoms with Crippen molar-refractivity contribution in [3.05, 3.63) is 186 Å². The van der Waals surface area contributed by atoms with E-state index >= 15 is 0 Å². The molecule has 0 spiro atoms. The summed E-state index contributed by atoms with van der Waals surface area (Å²) in [6, 6.07) is 62.5. The lowest BCUT2D eigenvalue weighted by Gasteiger charge is -2.46. The van der Waals surface area contributed by atoms with Gasteiger partial charge in [0, 0.05) is 48.7 Å². The van der Waals surface area contributed by atoms with Gasteiger partial charge < -0.3 is 9.80 Å². The summed E-state index contributed by atoms with van der Waals surface area (Å²) in [6.45, 7) is 0.0612. The Balaban J connectivity index is 1.17. The summed E-state index contributed by atoms with van der Waals surface area (Å²) in [5, 5.41) is 2.71. The molecule has 0 atom stereocenters. The van der Waals surface area contributed by atoms with Crippen LogP contribution in [0.4, 0.5) is 34.1 Å². The average Bonchev–Trinajstić information content (AvgIpc) is 3.71. The maximum absolute atomic E-state index is 2.73. The summed E-state index contributed by atoms with van der Waals surface area (Å²) in [7, 11) is 0. The van der Waals surface area contributed by atoms with Gasteiger partial charge in [0.2, 0.25) is 0 Å². The minimum absolute atomic E-state index is 0.0612. The predicted molar refractivity (Wildman–Crippen MR) is 258 cm³/mol. The molecule has 0 N–H and O–H groups in total. The van der Waals surface area contributed by atoms with Gasteiger partial charge in [-0.25, -0.2) is 0 Å². The molecule has 0 saturated carbocycles. The molecule has 9 aromatic rings. The lowest BCUT2D eigenvalue weighted by Crippen LogP contribution is -2.61. The molecule has 2 aliphatic heterocycles. The monoisotopic (exact) mass is 786 g/mol. The van der Waals surface area contributed by atoms with E-state index in [1.165, 1.54) is 141 Å². The van der Waals surface area contributed by atoms with Crippen LogP contribution in [-0.4, -0.2) is 6.71 Å². The predicted octanol–water partition coefficient (Wildman–Crippen LogP) is 13.2. The molecule has 0 bridgehead atoms. The van der Waals surface area contributed by atoms with Crippen LogP contribution in [0.25, 0.3) is 42.4 Å². The highest BCUT2D eigenvalue weighted by molar-refractivity contribution is 7.28. The zero-order valence-corrected chi connectivity index (χ0v) is 34.4. The Kier molecular flexibility index (Phi) is 7.81. The molecule has 60 heavy (non-hydrogen) atoms. The molecule has 2 nitrogen and oxygen atoms in total. The average molecular weight is 787 g/mol. The molecule has 4 aliphatic rings. The first-order valence-corrected chi connectivity index (χ1v) is 22.8. The van der Waals surface area contributed by atoms with Crippen molar-refractivity contribution in [2.45, 2.75) is 51.4 Å². The van der Waals surface area contributed by atoms with Crippen molar-refractivity contribution in [3.63, 3.8) is 0 Å². The number of fused-ring (bicyclic) bond motifs is 10. The molecule has 0 unspecified atom stereocenters. The quantitative estimate of drug-likeness (QED) is 0.164. The van der Waals surface area contributed by atoms with Crippen molar-refractivity contribution in [2.24, 2.45) is 0 Å². The van der Waals surface area contributed by atoms with Gasteiger partial charge in [-0.05, 0) is 137 Å². The van der Waals surface area contributed by atoms with Gasteiger partial charge in [0.15, 0.2) is 0 Å². The maximum atomic E-state index is 2.73. The molecule has 3 heterocycles. The van der Waals surface area contributed by atoms with Crippen LogP contribution in [-0.2, 0) is 25.7 Å². The normalized spacial score (nSPS) is 15.0. The Hall–Kier alpha value is -6.36. The van der Waals surface area contributed by atoms with Crippen molar-refractivity contribution in [1.29, 1.82) is 0 Å². The SMILES string of the molecule is c1ccc(-c2ccc3c(c2N2c4ccccc4B4c5c2cccc5N(c2c(-c5ccccc5)ccc5c2CCCC5)c2ccc5c(sc6ccccc65)c24)CCCC3)cc1. The Labute approximate surface area is 356 Å². The second-order valence-electron chi connectivity index (χ2n) is 17.2. The van der Waals surface area contributed by atoms with Crippen LogP contribution in [0.15, 0.2) is 164 Å². The summed E-state index contributed by atoms with van der Waals surface area (Å²) >= 11 is 1.98. The van der Waals surface area contributed by atoms with Crippen LogP contribution in [0.5, 0.6) is 0 Å². The fourth-order valence-electron chi connectivity index (χ4n) is 11.5. The molecule has 13 rings (SSSR count). The molecular weight excluding hydrogens is 744 g/mol. The second-order valence-corrected chi connectivity index (χ2v) is 18.2. The van der Waals surface area contributed by atoms with Gasteiger partial charge in [-0.1, -0.05) is 133 Å². The van der Waals surface area contributed by atoms with E-state index in [2.05, 4.69) is 174 Å². The van der Waals surface area contributed by atoms with E-state index < -0.39 is 0 Å². The number of para-hydroxylation sites is 1. The van der Waals surface area contributed by atoms with Crippen molar-refractivity contribution in [3.8, 4) is 22.3 Å². The van der Waals surface area contributed by atoms with Gasteiger partial charge in [0.05, 0.1) is 11.4 Å². The molecule has 1 aromatic heterocycles. The maximum Gasteiger partial charge on any atom is 0.254 e. The lowest BCUT2D eigenvalue weighted by atomic mass is 9.33. The number of anilines is 6. The van der Waals surface area contributed by atoms with E-state index in [1.807, 2.05) is 11.3 Å². The number of nitrogens with zero attached hydrogens (tertiary/aromatic N) is 2. The Morgan fingerprint density at radius 2 is 0.933 bits per heavy atom. The number of hydrogen-bond donors (Lipinski definition) is 0. The summed E-state index contributed by atoms with van der Waals surface area (Å²) in [5.41, 5.74) is 23.3. The zero-order valence-electron chi connectivity index (χ0n) is 33.6. The van der Waals surface area contributed by atoms with Crippen LogP contribution < -0.4 is 26.2 Å². The number of aryl methyl sites for hydroxylation is 2. The van der Waals surface area contributed by atoms with E-state index in [-0.39, 0.29) is 6.71 Å². The Bertz CT molecular complexity index is 3170. The van der Waals surface area contributed by atoms with E-state index in [0.29, 0.717) is 0 Å². The molecular formula is C56H43BN2S. The molecule has 0 fully saturated rings. The smallest absolute Gasteiger partial charge is 0.254 e. The summed E-state index contributed by atoms with van der Waals surface area (Å²) in [5.74, 6) is 0. The highest BCUT2D eigenvalue weighted by Gasteiger charge is 2.46. The number of benzene rings is 8. The molecule has 4 heteroatoms. The van der Waals surface area contributed by atoms with Gasteiger partial charge in [0.1, 0.15) is 0 Å². The van der Waals surface area contributed by atoms with Crippen molar-refractivity contribution >= 4 is 88.7 Å². The van der Waals surface area contributed by atoms with Gasteiger partial charge in [0.25, 0.3) is 6.71 Å². The van der Waals surface area contributed by atoms with Gasteiger partial charge in [-0.3, -0.25) is 0 Å². The first kappa shape index (κ1) is 34.5. The van der Waals surface area contributed by atoms with E-state index in [1.54, 1.807) is 0 Å². The summed E-state index contributed by atoms with van der Waals surface area (Å²) in [4.78, 5) is 5.43. The summed E-state index contributed by atoms with van der Waals surface area (Å²) in [6.07, 6.45) is 9.37. The number of thiophene rings is 1. The fourth-order valence-corrected chi connectivity index (χ4v) is 12.7. The topological polar surface area (TPSA) is 6.48 Å². The minimum Gasteiger partial charge on any atom is -0.311 e. The minimum atomic E-state index is 0.0612. The van der Waals surface area contributed by atoms with Crippen molar-refractivity contribution in [2.75, 3.05) is 9.80 Å². The number of hydrogen-bond acceptors (Lipinski definition) is 3. The van der Waals surface area contributed by atoms with E-state index in [4.69, 9.17) is 0 Å². The third-order valence-electron chi connectivity index (χ3n) is 14.0. The van der Waals surface area contributed by atoms with E-state index in [9.17, 15) is 0 Å². The highest BCUT2D eigenvalue weighted by atomic mass is 32.1. The molecule has 0 radical (unpaired) electrons. The molecule has 0 saturated heterocycles. The van der Waals surface area contributed by atoms with Gasteiger partial charge in [-0.15, -0.1) is 11.3 Å². The van der Waals surface area contributed by atoms with Crippen LogP contribution in [0, 0.1) is 0 Å². The van der Waals surface area contributed by atoms with Crippen LogP contribution in [0.1, 0.15) is 47.9 Å². The largest absolute Gasteiger partial charge is 0.311 e. The molecule has 2 aliphatic carbocycles. The Morgan fingerprint density at radius 3 is 1.60 bits per heavy atom. The fraction of sp³-hybridized carbons (Fsp3) is 0.143. The third kappa shape index (κ3) is 5.01. The lowest BCUT2D eigenvalue weighted by molar-refractivity contribution is 0.686. The zero-order chi connectivity index (χ0) is 39.3. The molecule has 8 aromatic carbocycles. The first-order valence-electron chi connectivity index (χ1n) is 22.0. The summed E-state index contributed by atoms with van der Waals surface area (Å²) < 4.78 is 2.75. The second kappa shape index (κ2) is 13.6. The molecule has 286 valence electrons. The first-order chi connectivity index (χ1) is 29.8. The van der Waals surface area contributed by atoms with Crippen LogP contribution >= 0.6 is 11.3 Å². The van der Waals surface area contributed by atoms with Crippen LogP contribution in [0.2, 0.25) is 0 Å². The van der Waals surface area contributed by atoms with Crippen LogP contribution in [0.3, 0.4) is 0 Å². The highest BCUT2D eigenvalue weighted by Crippen LogP contribution is 2.52.